The third-order valence-corrected chi connectivity index (χ3v) is 3.55. The van der Waals surface area contributed by atoms with Crippen LogP contribution in [-0.2, 0) is 0 Å². The fraction of sp³-hybridized carbons (Fsp3) is 1.00. The predicted octanol–water partition coefficient (Wildman–Crippen LogP) is 1.86. The van der Waals surface area contributed by atoms with Crippen molar-refractivity contribution in [2.75, 3.05) is 26.7 Å². The van der Waals surface area contributed by atoms with Crippen molar-refractivity contribution in [3.05, 3.63) is 0 Å². The van der Waals surface area contributed by atoms with E-state index in [2.05, 4.69) is 17.3 Å². The van der Waals surface area contributed by atoms with Gasteiger partial charge in [-0.25, -0.2) is 0 Å². The lowest BCUT2D eigenvalue weighted by molar-refractivity contribution is 0.277. The molecule has 0 amide bonds. The van der Waals surface area contributed by atoms with E-state index in [-0.39, 0.29) is 0 Å². The van der Waals surface area contributed by atoms with Crippen molar-refractivity contribution in [2.45, 2.75) is 44.6 Å². The fourth-order valence-electron chi connectivity index (χ4n) is 2.47. The van der Waals surface area contributed by atoms with E-state index in [1.807, 2.05) is 0 Å². The topological polar surface area (TPSA) is 15.3 Å². The van der Waals surface area contributed by atoms with Gasteiger partial charge in [-0.3, -0.25) is 0 Å². The van der Waals surface area contributed by atoms with Gasteiger partial charge < -0.3 is 10.2 Å². The van der Waals surface area contributed by atoms with Gasteiger partial charge in [0, 0.05) is 25.7 Å². The average Bonchev–Trinajstić information content (AvgIpc) is 2.83. The van der Waals surface area contributed by atoms with Gasteiger partial charge in [0.15, 0.2) is 0 Å². The lowest BCUT2D eigenvalue weighted by atomic mass is 10.1. The van der Waals surface area contributed by atoms with E-state index in [4.69, 9.17) is 0 Å². The Kier molecular flexibility index (Phi) is 3.82. The molecule has 2 rings (SSSR count). The van der Waals surface area contributed by atoms with Crippen LogP contribution in [0.1, 0.15) is 38.5 Å². The Labute approximate surface area is 88.1 Å². The highest BCUT2D eigenvalue weighted by molar-refractivity contribution is 4.81. The van der Waals surface area contributed by atoms with E-state index in [0.29, 0.717) is 0 Å². The van der Waals surface area contributed by atoms with Crippen molar-refractivity contribution in [3.8, 4) is 0 Å². The van der Waals surface area contributed by atoms with Crippen molar-refractivity contribution in [1.82, 2.24) is 10.2 Å². The average molecular weight is 196 g/mol. The number of likely N-dealkylation sites (N-methyl/N-ethyl adjacent to an activating group) is 1. The minimum absolute atomic E-state index is 0.870. The zero-order valence-corrected chi connectivity index (χ0v) is 9.47. The quantitative estimate of drug-likeness (QED) is 0.697. The molecule has 2 aliphatic rings. The first-order chi connectivity index (χ1) is 6.84. The molecule has 0 unspecified atom stereocenters. The van der Waals surface area contributed by atoms with Crippen LogP contribution in [0, 0.1) is 5.92 Å². The molecule has 0 aromatic carbocycles. The minimum atomic E-state index is 0.870. The Morgan fingerprint density at radius 1 is 1.14 bits per heavy atom. The van der Waals surface area contributed by atoms with Gasteiger partial charge in [-0.1, -0.05) is 12.8 Å². The Bertz CT molecular complexity index is 160. The molecule has 0 saturated heterocycles. The molecule has 2 heteroatoms. The van der Waals surface area contributed by atoms with Gasteiger partial charge in [-0.05, 0) is 38.6 Å². The molecular weight excluding hydrogens is 172 g/mol. The second kappa shape index (κ2) is 5.13. The van der Waals surface area contributed by atoms with Crippen molar-refractivity contribution in [2.24, 2.45) is 5.92 Å². The van der Waals surface area contributed by atoms with Crippen LogP contribution >= 0.6 is 0 Å². The van der Waals surface area contributed by atoms with Crippen molar-refractivity contribution >= 4 is 0 Å². The van der Waals surface area contributed by atoms with Crippen LogP contribution in [0.2, 0.25) is 0 Å². The summed E-state index contributed by atoms with van der Waals surface area (Å²) in [6, 6.07) is 0.870. The van der Waals surface area contributed by atoms with Crippen LogP contribution in [0.4, 0.5) is 0 Å². The molecule has 2 saturated carbocycles. The largest absolute Gasteiger partial charge is 0.313 e. The number of hydrogen-bond acceptors (Lipinski definition) is 2. The summed E-state index contributed by atoms with van der Waals surface area (Å²) in [6.45, 7) is 3.74. The summed E-state index contributed by atoms with van der Waals surface area (Å²) in [4.78, 5) is 2.51. The molecule has 1 N–H and O–H groups in total. The maximum atomic E-state index is 3.57. The van der Waals surface area contributed by atoms with Gasteiger partial charge in [-0.2, -0.15) is 0 Å². The molecular formula is C12H24N2. The zero-order valence-electron chi connectivity index (χ0n) is 9.47. The number of nitrogens with zero attached hydrogens (tertiary/aromatic N) is 1. The Hall–Kier alpha value is -0.0800. The molecule has 0 aliphatic heterocycles. The van der Waals surface area contributed by atoms with Gasteiger partial charge in [0.1, 0.15) is 0 Å². The zero-order chi connectivity index (χ0) is 9.80. The maximum absolute atomic E-state index is 3.57. The Morgan fingerprint density at radius 3 is 2.50 bits per heavy atom. The van der Waals surface area contributed by atoms with E-state index >= 15 is 0 Å². The fourth-order valence-corrected chi connectivity index (χ4v) is 2.47. The van der Waals surface area contributed by atoms with E-state index in [9.17, 15) is 0 Å². The molecule has 0 bridgehead atoms. The Morgan fingerprint density at radius 2 is 1.86 bits per heavy atom. The molecule has 0 aromatic heterocycles. The van der Waals surface area contributed by atoms with Crippen molar-refractivity contribution < 1.29 is 0 Å². The van der Waals surface area contributed by atoms with Crippen LogP contribution in [0.25, 0.3) is 0 Å². The van der Waals surface area contributed by atoms with Crippen LogP contribution in [0.3, 0.4) is 0 Å². The third-order valence-electron chi connectivity index (χ3n) is 3.55. The predicted molar refractivity (Wildman–Crippen MR) is 60.5 cm³/mol. The number of hydrogen-bond donors (Lipinski definition) is 1. The molecule has 0 atom stereocenters. The van der Waals surface area contributed by atoms with E-state index in [0.717, 1.165) is 12.0 Å². The lowest BCUT2D eigenvalue weighted by Gasteiger charge is -2.20. The number of rotatable bonds is 6. The van der Waals surface area contributed by atoms with E-state index in [1.165, 1.54) is 58.2 Å². The lowest BCUT2D eigenvalue weighted by Crippen LogP contribution is -2.33. The molecule has 2 fully saturated rings. The summed E-state index contributed by atoms with van der Waals surface area (Å²) < 4.78 is 0. The second-order valence-corrected chi connectivity index (χ2v) is 5.14. The molecule has 0 aromatic rings. The van der Waals surface area contributed by atoms with Crippen LogP contribution in [0.5, 0.6) is 0 Å². The molecule has 82 valence electrons. The van der Waals surface area contributed by atoms with E-state index < -0.39 is 0 Å². The van der Waals surface area contributed by atoms with Gasteiger partial charge in [0.25, 0.3) is 0 Å². The standard InChI is InChI=1S/C12H24N2/c1-14(9-8-13-12-6-7-12)10-11-4-2-3-5-11/h11-13H,2-10H2,1H3. The smallest absolute Gasteiger partial charge is 0.0104 e. The molecule has 14 heavy (non-hydrogen) atoms. The molecule has 2 nitrogen and oxygen atoms in total. The third kappa shape index (κ3) is 3.58. The van der Waals surface area contributed by atoms with Crippen molar-refractivity contribution in [1.29, 1.82) is 0 Å². The van der Waals surface area contributed by atoms with Crippen LogP contribution in [0.15, 0.2) is 0 Å². The maximum Gasteiger partial charge on any atom is 0.0104 e. The number of nitrogens with one attached hydrogen (secondary N) is 1. The first kappa shape index (κ1) is 10.4. The van der Waals surface area contributed by atoms with Gasteiger partial charge in [0.2, 0.25) is 0 Å². The van der Waals surface area contributed by atoms with Crippen molar-refractivity contribution in [3.63, 3.8) is 0 Å². The normalized spacial score (nSPS) is 23.6. The SMILES string of the molecule is CN(CCNC1CC1)CC1CCCC1. The van der Waals surface area contributed by atoms with E-state index in [1.54, 1.807) is 0 Å². The summed E-state index contributed by atoms with van der Waals surface area (Å²) in [6.07, 6.45) is 8.71. The first-order valence-corrected chi connectivity index (χ1v) is 6.26. The molecule has 2 aliphatic carbocycles. The second-order valence-electron chi connectivity index (χ2n) is 5.14. The summed E-state index contributed by atoms with van der Waals surface area (Å²) >= 11 is 0. The Balaban J connectivity index is 1.50. The van der Waals surface area contributed by atoms with Gasteiger partial charge >= 0.3 is 0 Å². The summed E-state index contributed by atoms with van der Waals surface area (Å²) in [5, 5.41) is 3.57. The molecule has 0 heterocycles. The molecule has 0 spiro atoms. The van der Waals surface area contributed by atoms with Gasteiger partial charge in [-0.15, -0.1) is 0 Å². The van der Waals surface area contributed by atoms with Crippen LogP contribution < -0.4 is 5.32 Å². The molecule has 0 radical (unpaired) electrons. The minimum Gasteiger partial charge on any atom is -0.313 e. The summed E-state index contributed by atoms with van der Waals surface area (Å²) in [5.41, 5.74) is 0. The highest BCUT2D eigenvalue weighted by atomic mass is 15.1. The highest BCUT2D eigenvalue weighted by Crippen LogP contribution is 2.25. The van der Waals surface area contributed by atoms with Gasteiger partial charge in [0.05, 0.1) is 0 Å². The first-order valence-electron chi connectivity index (χ1n) is 6.26. The van der Waals surface area contributed by atoms with Crippen LogP contribution in [-0.4, -0.2) is 37.6 Å². The highest BCUT2D eigenvalue weighted by Gasteiger charge is 2.20. The monoisotopic (exact) mass is 196 g/mol. The summed E-state index contributed by atoms with van der Waals surface area (Å²) in [7, 11) is 2.27. The summed E-state index contributed by atoms with van der Waals surface area (Å²) in [5.74, 6) is 1.00.